The number of hydrogen-bond donors (Lipinski definition) is 0. The Bertz CT molecular complexity index is 540. The lowest BCUT2D eigenvalue weighted by Crippen LogP contribution is -2.38. The van der Waals surface area contributed by atoms with E-state index in [-0.39, 0.29) is 22.2 Å². The van der Waals surface area contributed by atoms with Crippen LogP contribution in [0.1, 0.15) is 43.0 Å². The SMILES string of the molecule is CCCC1CCN(C(=O)c2cc([N+](=O)[O-])ccc2Cl)CC1. The minimum Gasteiger partial charge on any atom is -0.339 e. The van der Waals surface area contributed by atoms with Crippen LogP contribution in [0, 0.1) is 16.0 Å². The van der Waals surface area contributed by atoms with Crippen LogP contribution in [0.4, 0.5) is 5.69 Å². The van der Waals surface area contributed by atoms with E-state index >= 15 is 0 Å². The van der Waals surface area contributed by atoms with Crippen molar-refractivity contribution in [1.82, 2.24) is 4.90 Å². The monoisotopic (exact) mass is 310 g/mol. The summed E-state index contributed by atoms with van der Waals surface area (Å²) in [5.74, 6) is 0.471. The molecule has 0 N–H and O–H groups in total. The zero-order valence-electron chi connectivity index (χ0n) is 12.0. The Kier molecular flexibility index (Phi) is 5.17. The third-order valence-electron chi connectivity index (χ3n) is 3.99. The van der Waals surface area contributed by atoms with E-state index in [0.29, 0.717) is 19.0 Å². The number of halogens is 1. The number of nitro benzene ring substituents is 1. The number of benzene rings is 1. The van der Waals surface area contributed by atoms with Gasteiger partial charge >= 0.3 is 0 Å². The number of carbonyl (C=O) groups excluding carboxylic acids is 1. The summed E-state index contributed by atoms with van der Waals surface area (Å²) in [6, 6.07) is 3.99. The van der Waals surface area contributed by atoms with Crippen LogP contribution in [-0.2, 0) is 0 Å². The molecule has 0 atom stereocenters. The second-order valence-electron chi connectivity index (χ2n) is 5.45. The predicted octanol–water partition coefficient (Wildman–Crippen LogP) is 3.90. The molecule has 6 heteroatoms. The number of rotatable bonds is 4. The number of piperidine rings is 1. The fourth-order valence-corrected chi connectivity index (χ4v) is 2.99. The summed E-state index contributed by atoms with van der Waals surface area (Å²) < 4.78 is 0. The first kappa shape index (κ1) is 15.8. The van der Waals surface area contributed by atoms with Gasteiger partial charge in [0, 0.05) is 25.2 Å². The highest BCUT2D eigenvalue weighted by molar-refractivity contribution is 6.33. The summed E-state index contributed by atoms with van der Waals surface area (Å²) in [5.41, 5.74) is 0.114. The van der Waals surface area contributed by atoms with Crippen LogP contribution in [-0.4, -0.2) is 28.8 Å². The number of hydrogen-bond acceptors (Lipinski definition) is 3. The Morgan fingerprint density at radius 2 is 2.10 bits per heavy atom. The van der Waals surface area contributed by atoms with Crippen molar-refractivity contribution in [3.8, 4) is 0 Å². The lowest BCUT2D eigenvalue weighted by atomic mass is 9.92. The maximum atomic E-state index is 12.5. The van der Waals surface area contributed by atoms with Crippen molar-refractivity contribution in [2.24, 2.45) is 5.92 Å². The molecule has 1 aliphatic heterocycles. The van der Waals surface area contributed by atoms with Gasteiger partial charge in [0.2, 0.25) is 0 Å². The molecule has 1 aromatic rings. The Labute approximate surface area is 129 Å². The molecule has 1 saturated heterocycles. The highest BCUT2D eigenvalue weighted by Gasteiger charge is 2.25. The molecule has 0 aromatic heterocycles. The van der Waals surface area contributed by atoms with Crippen molar-refractivity contribution in [2.75, 3.05) is 13.1 Å². The van der Waals surface area contributed by atoms with Gasteiger partial charge in [-0.05, 0) is 24.8 Å². The van der Waals surface area contributed by atoms with Gasteiger partial charge in [0.05, 0.1) is 15.5 Å². The average Bonchev–Trinajstić information content (AvgIpc) is 2.48. The molecule has 0 unspecified atom stereocenters. The van der Waals surface area contributed by atoms with Crippen molar-refractivity contribution in [3.63, 3.8) is 0 Å². The van der Waals surface area contributed by atoms with Crippen LogP contribution < -0.4 is 0 Å². The first-order chi connectivity index (χ1) is 10.0. The first-order valence-corrected chi connectivity index (χ1v) is 7.64. The van der Waals surface area contributed by atoms with Gasteiger partial charge < -0.3 is 4.90 Å². The molecule has 0 saturated carbocycles. The van der Waals surface area contributed by atoms with Crippen LogP contribution >= 0.6 is 11.6 Å². The van der Waals surface area contributed by atoms with E-state index in [9.17, 15) is 14.9 Å². The van der Waals surface area contributed by atoms with Crippen molar-refractivity contribution >= 4 is 23.2 Å². The molecular weight excluding hydrogens is 292 g/mol. The number of likely N-dealkylation sites (tertiary alicyclic amines) is 1. The molecule has 2 rings (SSSR count). The minimum absolute atomic E-state index is 0.108. The van der Waals surface area contributed by atoms with E-state index in [1.165, 1.54) is 24.6 Å². The molecule has 0 spiro atoms. The molecule has 0 aliphatic carbocycles. The molecule has 0 radical (unpaired) electrons. The second-order valence-corrected chi connectivity index (χ2v) is 5.85. The largest absolute Gasteiger partial charge is 0.339 e. The van der Waals surface area contributed by atoms with Crippen molar-refractivity contribution in [2.45, 2.75) is 32.6 Å². The van der Waals surface area contributed by atoms with Gasteiger partial charge in [0.25, 0.3) is 11.6 Å². The first-order valence-electron chi connectivity index (χ1n) is 7.26. The lowest BCUT2D eigenvalue weighted by molar-refractivity contribution is -0.384. The van der Waals surface area contributed by atoms with Gasteiger partial charge in [0.15, 0.2) is 0 Å². The summed E-state index contributed by atoms with van der Waals surface area (Å²) in [4.78, 5) is 24.5. The Morgan fingerprint density at radius 3 is 2.67 bits per heavy atom. The molecule has 1 heterocycles. The van der Waals surface area contributed by atoms with E-state index in [0.717, 1.165) is 19.3 Å². The Balaban J connectivity index is 2.10. The topological polar surface area (TPSA) is 63.5 Å². The normalized spacial score (nSPS) is 16.0. The van der Waals surface area contributed by atoms with E-state index in [4.69, 9.17) is 11.6 Å². The maximum Gasteiger partial charge on any atom is 0.270 e. The van der Waals surface area contributed by atoms with Crippen molar-refractivity contribution < 1.29 is 9.72 Å². The molecular formula is C15H19ClN2O3. The number of nitro groups is 1. The van der Waals surface area contributed by atoms with Gasteiger partial charge in [-0.15, -0.1) is 0 Å². The van der Waals surface area contributed by atoms with Gasteiger partial charge in [-0.1, -0.05) is 31.4 Å². The average molecular weight is 311 g/mol. The van der Waals surface area contributed by atoms with Crippen molar-refractivity contribution in [3.05, 3.63) is 38.9 Å². The third kappa shape index (κ3) is 3.73. The lowest BCUT2D eigenvalue weighted by Gasteiger charge is -2.32. The summed E-state index contributed by atoms with van der Waals surface area (Å²) in [7, 11) is 0. The highest BCUT2D eigenvalue weighted by atomic mass is 35.5. The summed E-state index contributed by atoms with van der Waals surface area (Å²) in [6.45, 7) is 3.56. The molecule has 0 bridgehead atoms. The van der Waals surface area contributed by atoms with Crippen LogP contribution in [0.15, 0.2) is 18.2 Å². The van der Waals surface area contributed by atoms with Crippen LogP contribution in [0.2, 0.25) is 5.02 Å². The van der Waals surface area contributed by atoms with Crippen LogP contribution in [0.25, 0.3) is 0 Å². The number of carbonyl (C=O) groups is 1. The summed E-state index contributed by atoms with van der Waals surface area (Å²) in [5, 5.41) is 11.1. The molecule has 21 heavy (non-hydrogen) atoms. The molecule has 1 aliphatic rings. The van der Waals surface area contributed by atoms with Gasteiger partial charge in [-0.3, -0.25) is 14.9 Å². The smallest absolute Gasteiger partial charge is 0.270 e. The van der Waals surface area contributed by atoms with Gasteiger partial charge in [-0.25, -0.2) is 0 Å². The van der Waals surface area contributed by atoms with Crippen molar-refractivity contribution in [1.29, 1.82) is 0 Å². The van der Waals surface area contributed by atoms with Gasteiger partial charge in [-0.2, -0.15) is 0 Å². The van der Waals surface area contributed by atoms with Crippen LogP contribution in [0.3, 0.4) is 0 Å². The minimum atomic E-state index is -0.513. The van der Waals surface area contributed by atoms with E-state index in [1.807, 2.05) is 0 Å². The summed E-state index contributed by atoms with van der Waals surface area (Å²) >= 11 is 6.02. The van der Waals surface area contributed by atoms with E-state index < -0.39 is 4.92 Å². The fraction of sp³-hybridized carbons (Fsp3) is 0.533. The highest BCUT2D eigenvalue weighted by Crippen LogP contribution is 2.27. The maximum absolute atomic E-state index is 12.5. The van der Waals surface area contributed by atoms with E-state index in [1.54, 1.807) is 4.90 Å². The predicted molar refractivity (Wildman–Crippen MR) is 81.6 cm³/mol. The number of nitrogens with zero attached hydrogens (tertiary/aromatic N) is 2. The van der Waals surface area contributed by atoms with Gasteiger partial charge in [0.1, 0.15) is 0 Å². The van der Waals surface area contributed by atoms with Crippen LogP contribution in [0.5, 0.6) is 0 Å². The third-order valence-corrected chi connectivity index (χ3v) is 4.32. The zero-order chi connectivity index (χ0) is 15.4. The van der Waals surface area contributed by atoms with E-state index in [2.05, 4.69) is 6.92 Å². The number of amides is 1. The Hall–Kier alpha value is -1.62. The fourth-order valence-electron chi connectivity index (χ4n) is 2.79. The molecule has 1 fully saturated rings. The molecule has 1 amide bonds. The zero-order valence-corrected chi connectivity index (χ0v) is 12.8. The second kappa shape index (κ2) is 6.89. The summed E-state index contributed by atoms with van der Waals surface area (Å²) in [6.07, 6.45) is 4.34. The Morgan fingerprint density at radius 1 is 1.43 bits per heavy atom. The number of non-ortho nitro benzene ring substituents is 1. The quantitative estimate of drug-likeness (QED) is 0.626. The molecule has 1 aromatic carbocycles. The standard InChI is InChI=1S/C15H19ClN2O3/c1-2-3-11-6-8-17(9-7-11)15(19)13-10-12(18(20)21)4-5-14(13)16/h4-5,10-11H,2-3,6-9H2,1H3. The molecule has 114 valence electrons. The molecule has 5 nitrogen and oxygen atoms in total.